The highest BCUT2D eigenvalue weighted by molar-refractivity contribution is 6.02. The number of imidazole rings is 1. The number of aromatic nitrogens is 4. The molecule has 2 aromatic heterocycles. The quantitative estimate of drug-likeness (QED) is 0.786. The predicted octanol–water partition coefficient (Wildman–Crippen LogP) is 0.0419. The molecule has 0 spiro atoms. The summed E-state index contributed by atoms with van der Waals surface area (Å²) in [4.78, 5) is 26.8. The van der Waals surface area contributed by atoms with E-state index in [1.807, 2.05) is 0 Å². The molecule has 8 nitrogen and oxygen atoms in total. The molecule has 0 bridgehead atoms. The van der Waals surface area contributed by atoms with Crippen LogP contribution in [0.3, 0.4) is 0 Å². The third-order valence-corrected chi connectivity index (χ3v) is 2.35. The zero-order valence-corrected chi connectivity index (χ0v) is 10.5. The number of nitrogens with one attached hydrogen (secondary N) is 1. The first-order valence-electron chi connectivity index (χ1n) is 5.47. The fourth-order valence-electron chi connectivity index (χ4n) is 1.44. The molecule has 0 atom stereocenters. The number of hydrogen-bond donors (Lipinski definition) is 1. The van der Waals surface area contributed by atoms with Crippen LogP contribution in [0.15, 0.2) is 24.9 Å². The monoisotopic (exact) mass is 263 g/mol. The SMILES string of the molecule is COC(=O)Cn1cc(NC(=O)c2cn(C)cn2)cn1. The average Bonchev–Trinajstić information content (AvgIpc) is 2.98. The first-order chi connectivity index (χ1) is 9.08. The number of carbonyl (C=O) groups is 2. The predicted molar refractivity (Wildman–Crippen MR) is 65.4 cm³/mol. The summed E-state index contributed by atoms with van der Waals surface area (Å²) in [5.74, 6) is -0.746. The van der Waals surface area contributed by atoms with Gasteiger partial charge in [-0.15, -0.1) is 0 Å². The van der Waals surface area contributed by atoms with E-state index < -0.39 is 5.97 Å². The van der Waals surface area contributed by atoms with Gasteiger partial charge in [-0.05, 0) is 0 Å². The zero-order valence-electron chi connectivity index (χ0n) is 10.5. The van der Waals surface area contributed by atoms with E-state index in [2.05, 4.69) is 20.1 Å². The molecule has 0 saturated heterocycles. The van der Waals surface area contributed by atoms with Gasteiger partial charge in [-0.2, -0.15) is 5.10 Å². The second kappa shape index (κ2) is 5.34. The van der Waals surface area contributed by atoms with Crippen molar-refractivity contribution in [3.05, 3.63) is 30.6 Å². The highest BCUT2D eigenvalue weighted by atomic mass is 16.5. The summed E-state index contributed by atoms with van der Waals surface area (Å²) >= 11 is 0. The van der Waals surface area contributed by atoms with Gasteiger partial charge in [0.15, 0.2) is 0 Å². The van der Waals surface area contributed by atoms with Gasteiger partial charge in [0.05, 0.1) is 25.3 Å². The molecule has 1 N–H and O–H groups in total. The first kappa shape index (κ1) is 12.8. The third-order valence-electron chi connectivity index (χ3n) is 2.35. The molecule has 1 amide bonds. The van der Waals surface area contributed by atoms with Gasteiger partial charge in [-0.3, -0.25) is 14.3 Å². The third kappa shape index (κ3) is 3.18. The number of amides is 1. The smallest absolute Gasteiger partial charge is 0.327 e. The second-order valence-corrected chi connectivity index (χ2v) is 3.88. The molecule has 0 aliphatic rings. The van der Waals surface area contributed by atoms with Gasteiger partial charge in [0.25, 0.3) is 5.91 Å². The molecule has 0 fully saturated rings. The van der Waals surface area contributed by atoms with E-state index in [4.69, 9.17) is 0 Å². The zero-order chi connectivity index (χ0) is 13.8. The van der Waals surface area contributed by atoms with Crippen LogP contribution in [0.4, 0.5) is 5.69 Å². The van der Waals surface area contributed by atoms with E-state index in [-0.39, 0.29) is 12.5 Å². The normalized spacial score (nSPS) is 10.2. The maximum absolute atomic E-state index is 11.8. The highest BCUT2D eigenvalue weighted by Crippen LogP contribution is 2.07. The summed E-state index contributed by atoms with van der Waals surface area (Å²) < 4.78 is 7.57. The number of esters is 1. The van der Waals surface area contributed by atoms with Gasteiger partial charge in [-0.1, -0.05) is 0 Å². The Balaban J connectivity index is 2.00. The lowest BCUT2D eigenvalue weighted by Gasteiger charge is -1.99. The fraction of sp³-hybridized carbons (Fsp3) is 0.273. The Kier molecular flexibility index (Phi) is 3.60. The topological polar surface area (TPSA) is 91.0 Å². The Morgan fingerprint density at radius 2 is 2.21 bits per heavy atom. The summed E-state index contributed by atoms with van der Waals surface area (Å²) in [5, 5.41) is 6.56. The number of nitrogens with zero attached hydrogens (tertiary/aromatic N) is 4. The lowest BCUT2D eigenvalue weighted by Crippen LogP contribution is -2.13. The van der Waals surface area contributed by atoms with Crippen LogP contribution in [0.25, 0.3) is 0 Å². The molecule has 0 aromatic carbocycles. The number of rotatable bonds is 4. The van der Waals surface area contributed by atoms with Crippen molar-refractivity contribution in [1.82, 2.24) is 19.3 Å². The molecule has 0 aliphatic heterocycles. The van der Waals surface area contributed by atoms with Crippen LogP contribution < -0.4 is 5.32 Å². The number of anilines is 1. The van der Waals surface area contributed by atoms with Crippen molar-refractivity contribution in [1.29, 1.82) is 0 Å². The van der Waals surface area contributed by atoms with E-state index in [9.17, 15) is 9.59 Å². The summed E-state index contributed by atoms with van der Waals surface area (Å²) in [6.07, 6.45) is 6.13. The van der Waals surface area contributed by atoms with Crippen LogP contribution in [0, 0.1) is 0 Å². The van der Waals surface area contributed by atoms with E-state index in [0.717, 1.165) is 0 Å². The summed E-state index contributed by atoms with van der Waals surface area (Å²) in [6, 6.07) is 0. The highest BCUT2D eigenvalue weighted by Gasteiger charge is 2.11. The Morgan fingerprint density at radius 3 is 2.84 bits per heavy atom. The van der Waals surface area contributed by atoms with E-state index in [0.29, 0.717) is 11.4 Å². The van der Waals surface area contributed by atoms with Crippen LogP contribution in [-0.4, -0.2) is 38.3 Å². The second-order valence-electron chi connectivity index (χ2n) is 3.88. The molecule has 100 valence electrons. The maximum Gasteiger partial charge on any atom is 0.327 e. The molecule has 0 aliphatic carbocycles. The number of hydrogen-bond acceptors (Lipinski definition) is 5. The summed E-state index contributed by atoms with van der Waals surface area (Å²) in [7, 11) is 3.08. The fourth-order valence-corrected chi connectivity index (χ4v) is 1.44. The van der Waals surface area contributed by atoms with Crippen LogP contribution in [-0.2, 0) is 23.1 Å². The van der Waals surface area contributed by atoms with E-state index in [1.165, 1.54) is 30.5 Å². The van der Waals surface area contributed by atoms with Gasteiger partial charge in [0.2, 0.25) is 0 Å². The van der Waals surface area contributed by atoms with E-state index in [1.54, 1.807) is 17.8 Å². The number of carbonyl (C=O) groups excluding carboxylic acids is 2. The van der Waals surface area contributed by atoms with Crippen molar-refractivity contribution in [3.63, 3.8) is 0 Å². The first-order valence-corrected chi connectivity index (χ1v) is 5.47. The standard InChI is InChI=1S/C11H13N5O3/c1-15-5-9(12-7-15)11(18)14-8-3-13-16(4-8)6-10(17)19-2/h3-5,7H,6H2,1-2H3,(H,14,18). The van der Waals surface area contributed by atoms with Crippen LogP contribution >= 0.6 is 0 Å². The van der Waals surface area contributed by atoms with Gasteiger partial charge >= 0.3 is 5.97 Å². The molecule has 2 heterocycles. The van der Waals surface area contributed by atoms with Crippen molar-refractivity contribution in [2.75, 3.05) is 12.4 Å². The number of methoxy groups -OCH3 is 1. The minimum absolute atomic E-state index is 0.00401. The van der Waals surface area contributed by atoms with Crippen LogP contribution in [0.1, 0.15) is 10.5 Å². The lowest BCUT2D eigenvalue weighted by atomic mass is 10.4. The van der Waals surface area contributed by atoms with Crippen molar-refractivity contribution >= 4 is 17.6 Å². The Hall–Kier alpha value is -2.64. The molecule has 0 radical (unpaired) electrons. The van der Waals surface area contributed by atoms with Crippen molar-refractivity contribution < 1.29 is 14.3 Å². The van der Waals surface area contributed by atoms with E-state index >= 15 is 0 Å². The number of ether oxygens (including phenoxy) is 1. The largest absolute Gasteiger partial charge is 0.468 e. The lowest BCUT2D eigenvalue weighted by molar-refractivity contribution is -0.141. The molecule has 0 unspecified atom stereocenters. The summed E-state index contributed by atoms with van der Waals surface area (Å²) in [6.45, 7) is -0.00401. The molecule has 0 saturated carbocycles. The minimum Gasteiger partial charge on any atom is -0.468 e. The van der Waals surface area contributed by atoms with Crippen molar-refractivity contribution in [2.45, 2.75) is 6.54 Å². The molecule has 19 heavy (non-hydrogen) atoms. The van der Waals surface area contributed by atoms with Crippen LogP contribution in [0.5, 0.6) is 0 Å². The average molecular weight is 263 g/mol. The van der Waals surface area contributed by atoms with Gasteiger partial charge in [0.1, 0.15) is 12.2 Å². The van der Waals surface area contributed by atoms with Crippen LogP contribution in [0.2, 0.25) is 0 Å². The van der Waals surface area contributed by atoms with Gasteiger partial charge in [0, 0.05) is 19.4 Å². The Morgan fingerprint density at radius 1 is 1.42 bits per heavy atom. The van der Waals surface area contributed by atoms with Crippen molar-refractivity contribution in [2.24, 2.45) is 7.05 Å². The Labute approximate surface area is 109 Å². The van der Waals surface area contributed by atoms with Gasteiger partial charge < -0.3 is 14.6 Å². The molecule has 8 heteroatoms. The van der Waals surface area contributed by atoms with Gasteiger partial charge in [-0.25, -0.2) is 4.98 Å². The molecule has 2 rings (SSSR count). The molecule has 2 aromatic rings. The van der Waals surface area contributed by atoms with Crippen molar-refractivity contribution in [3.8, 4) is 0 Å². The maximum atomic E-state index is 11.8. The minimum atomic E-state index is -0.411. The summed E-state index contributed by atoms with van der Waals surface area (Å²) in [5.41, 5.74) is 0.794. The number of aryl methyl sites for hydroxylation is 1. The molecular weight excluding hydrogens is 250 g/mol. The molecular formula is C11H13N5O3. The Bertz CT molecular complexity index is 601.